The molecule has 1 aliphatic rings. The highest BCUT2D eigenvalue weighted by Gasteiger charge is 2.21. The van der Waals surface area contributed by atoms with Gasteiger partial charge >= 0.3 is 0 Å². The third-order valence-electron chi connectivity index (χ3n) is 3.41. The first-order valence-electron chi connectivity index (χ1n) is 6.76. The molecule has 1 unspecified atom stereocenters. The van der Waals surface area contributed by atoms with Crippen LogP contribution in [0.2, 0.25) is 0 Å². The van der Waals surface area contributed by atoms with Crippen molar-refractivity contribution in [1.82, 2.24) is 9.97 Å². The molecule has 1 aliphatic heterocycles. The summed E-state index contributed by atoms with van der Waals surface area (Å²) >= 11 is 0. The monoisotopic (exact) mass is 244 g/mol. The second-order valence-electron chi connectivity index (χ2n) is 4.96. The number of rotatable bonds is 4. The van der Waals surface area contributed by atoms with Gasteiger partial charge in [-0.1, -0.05) is 13.3 Å². The van der Waals surface area contributed by atoms with E-state index in [1.165, 1.54) is 5.56 Å². The quantitative estimate of drug-likeness (QED) is 0.816. The highest BCUT2D eigenvalue weighted by Crippen LogP contribution is 2.22. The molecule has 18 heavy (non-hydrogen) atoms. The third-order valence-corrected chi connectivity index (χ3v) is 3.41. The number of aromatic nitrogens is 2. The Morgan fingerprint density at radius 3 is 2.89 bits per heavy atom. The van der Waals surface area contributed by atoms with Gasteiger partial charge in [0.05, 0.1) is 6.07 Å². The molecule has 2 heterocycles. The average molecular weight is 244 g/mol. The van der Waals surface area contributed by atoms with Gasteiger partial charge in [-0.15, -0.1) is 0 Å². The largest absolute Gasteiger partial charge is 0.341 e. The standard InChI is InChI=1S/C14H20N4/c1-2-4-13-9-16-14(17-10-13)18-8-3-5-12(11-18)6-7-15/h9-10,12H,2-6,8,11H2,1H3. The predicted molar refractivity (Wildman–Crippen MR) is 71.2 cm³/mol. The van der Waals surface area contributed by atoms with Crippen molar-refractivity contribution in [2.24, 2.45) is 5.92 Å². The molecular formula is C14H20N4. The molecule has 0 amide bonds. The minimum atomic E-state index is 0.475. The summed E-state index contributed by atoms with van der Waals surface area (Å²) in [7, 11) is 0. The van der Waals surface area contributed by atoms with Crippen LogP contribution < -0.4 is 4.90 Å². The van der Waals surface area contributed by atoms with E-state index >= 15 is 0 Å². The van der Waals surface area contributed by atoms with Crippen LogP contribution in [-0.2, 0) is 6.42 Å². The Kier molecular flexibility index (Phi) is 4.52. The van der Waals surface area contributed by atoms with Gasteiger partial charge in [-0.3, -0.25) is 0 Å². The maximum atomic E-state index is 8.77. The molecule has 4 nitrogen and oxygen atoms in total. The highest BCUT2D eigenvalue weighted by molar-refractivity contribution is 5.30. The molecule has 0 radical (unpaired) electrons. The van der Waals surface area contributed by atoms with Crippen LogP contribution in [0.15, 0.2) is 12.4 Å². The molecule has 0 aliphatic carbocycles. The smallest absolute Gasteiger partial charge is 0.225 e. The van der Waals surface area contributed by atoms with E-state index in [0.717, 1.165) is 44.7 Å². The first kappa shape index (κ1) is 12.8. The van der Waals surface area contributed by atoms with E-state index in [-0.39, 0.29) is 0 Å². The Balaban J connectivity index is 2.00. The van der Waals surface area contributed by atoms with E-state index in [9.17, 15) is 0 Å². The molecule has 0 spiro atoms. The Labute approximate surface area is 109 Å². The molecule has 1 aromatic heterocycles. The van der Waals surface area contributed by atoms with Gasteiger partial charge in [-0.25, -0.2) is 9.97 Å². The van der Waals surface area contributed by atoms with Crippen LogP contribution in [0.1, 0.15) is 38.2 Å². The second kappa shape index (κ2) is 6.34. The molecule has 1 aromatic rings. The van der Waals surface area contributed by atoms with Gasteiger partial charge in [0.15, 0.2) is 0 Å². The lowest BCUT2D eigenvalue weighted by molar-refractivity contribution is 0.418. The van der Waals surface area contributed by atoms with Crippen LogP contribution in [0.3, 0.4) is 0 Å². The number of aryl methyl sites for hydroxylation is 1. The molecule has 0 aromatic carbocycles. The van der Waals surface area contributed by atoms with Crippen molar-refractivity contribution in [1.29, 1.82) is 5.26 Å². The van der Waals surface area contributed by atoms with E-state index in [2.05, 4.69) is 27.9 Å². The average Bonchev–Trinajstić information content (AvgIpc) is 2.41. The minimum absolute atomic E-state index is 0.475. The van der Waals surface area contributed by atoms with Gasteiger partial charge in [-0.2, -0.15) is 5.26 Å². The van der Waals surface area contributed by atoms with Gasteiger partial charge < -0.3 is 4.90 Å². The lowest BCUT2D eigenvalue weighted by atomic mass is 9.96. The van der Waals surface area contributed by atoms with Gasteiger partial charge in [-0.05, 0) is 30.7 Å². The lowest BCUT2D eigenvalue weighted by Crippen LogP contribution is -2.36. The van der Waals surface area contributed by atoms with E-state index in [1.807, 2.05) is 12.4 Å². The topological polar surface area (TPSA) is 52.8 Å². The molecule has 0 saturated carbocycles. The number of nitrogens with zero attached hydrogens (tertiary/aromatic N) is 4. The summed E-state index contributed by atoms with van der Waals surface area (Å²) in [5.74, 6) is 1.29. The zero-order valence-corrected chi connectivity index (χ0v) is 11.0. The van der Waals surface area contributed by atoms with Crippen LogP contribution in [-0.4, -0.2) is 23.1 Å². The van der Waals surface area contributed by atoms with Gasteiger partial charge in [0.1, 0.15) is 0 Å². The summed E-state index contributed by atoms with van der Waals surface area (Å²) in [4.78, 5) is 11.1. The van der Waals surface area contributed by atoms with Crippen LogP contribution >= 0.6 is 0 Å². The molecule has 2 rings (SSSR count). The van der Waals surface area contributed by atoms with Gasteiger partial charge in [0.2, 0.25) is 5.95 Å². The SMILES string of the molecule is CCCc1cnc(N2CCCC(CC#N)C2)nc1. The number of nitriles is 1. The highest BCUT2D eigenvalue weighted by atomic mass is 15.2. The first-order valence-corrected chi connectivity index (χ1v) is 6.76. The van der Waals surface area contributed by atoms with Crippen molar-refractivity contribution < 1.29 is 0 Å². The maximum Gasteiger partial charge on any atom is 0.225 e. The summed E-state index contributed by atoms with van der Waals surface area (Å²) in [5.41, 5.74) is 1.20. The van der Waals surface area contributed by atoms with E-state index < -0.39 is 0 Å². The number of anilines is 1. The van der Waals surface area contributed by atoms with Crippen LogP contribution in [0.25, 0.3) is 0 Å². The molecule has 0 N–H and O–H groups in total. The fourth-order valence-electron chi connectivity index (χ4n) is 2.47. The van der Waals surface area contributed by atoms with E-state index in [4.69, 9.17) is 5.26 Å². The zero-order chi connectivity index (χ0) is 12.8. The Bertz CT molecular complexity index is 407. The maximum absolute atomic E-state index is 8.77. The fraction of sp³-hybridized carbons (Fsp3) is 0.643. The number of hydrogen-bond acceptors (Lipinski definition) is 4. The molecule has 0 bridgehead atoms. The van der Waals surface area contributed by atoms with Crippen LogP contribution in [0.5, 0.6) is 0 Å². The molecule has 96 valence electrons. The van der Waals surface area contributed by atoms with Crippen molar-refractivity contribution >= 4 is 5.95 Å². The second-order valence-corrected chi connectivity index (χ2v) is 4.96. The number of piperidine rings is 1. The number of hydrogen-bond donors (Lipinski definition) is 0. The molecule has 4 heteroatoms. The predicted octanol–water partition coefficient (Wildman–Crippen LogP) is 2.56. The van der Waals surface area contributed by atoms with Gasteiger partial charge in [0.25, 0.3) is 0 Å². The van der Waals surface area contributed by atoms with Crippen molar-refractivity contribution in [3.8, 4) is 6.07 Å². The summed E-state index contributed by atoms with van der Waals surface area (Å²) < 4.78 is 0. The molecule has 1 atom stereocenters. The summed E-state index contributed by atoms with van der Waals surface area (Å²) in [5, 5.41) is 8.77. The van der Waals surface area contributed by atoms with Crippen molar-refractivity contribution in [2.45, 2.75) is 39.0 Å². The van der Waals surface area contributed by atoms with Crippen LogP contribution in [0.4, 0.5) is 5.95 Å². The molecular weight excluding hydrogens is 224 g/mol. The first-order chi connectivity index (χ1) is 8.83. The molecule has 1 fully saturated rings. The van der Waals surface area contributed by atoms with Crippen LogP contribution in [0, 0.1) is 17.2 Å². The Hall–Kier alpha value is -1.63. The van der Waals surface area contributed by atoms with Gasteiger partial charge in [0, 0.05) is 31.9 Å². The minimum Gasteiger partial charge on any atom is -0.341 e. The fourth-order valence-corrected chi connectivity index (χ4v) is 2.47. The van der Waals surface area contributed by atoms with Crippen molar-refractivity contribution in [3.05, 3.63) is 18.0 Å². The lowest BCUT2D eigenvalue weighted by Gasteiger charge is -2.31. The van der Waals surface area contributed by atoms with Crippen molar-refractivity contribution in [3.63, 3.8) is 0 Å². The zero-order valence-electron chi connectivity index (χ0n) is 11.0. The summed E-state index contributed by atoms with van der Waals surface area (Å²) in [6, 6.07) is 2.27. The Morgan fingerprint density at radius 2 is 2.22 bits per heavy atom. The summed E-state index contributed by atoms with van der Waals surface area (Å²) in [6.45, 7) is 4.08. The normalized spacial score (nSPS) is 19.6. The van der Waals surface area contributed by atoms with Crippen molar-refractivity contribution in [2.75, 3.05) is 18.0 Å². The summed E-state index contributed by atoms with van der Waals surface area (Å²) in [6.07, 6.45) is 8.95. The van der Waals surface area contributed by atoms with E-state index in [0.29, 0.717) is 12.3 Å². The third kappa shape index (κ3) is 3.19. The van der Waals surface area contributed by atoms with E-state index in [1.54, 1.807) is 0 Å². The Morgan fingerprint density at radius 1 is 1.44 bits per heavy atom. The molecule has 1 saturated heterocycles.